The summed E-state index contributed by atoms with van der Waals surface area (Å²) in [5.74, 6) is 0.680. The highest BCUT2D eigenvalue weighted by Crippen LogP contribution is 2.36. The van der Waals surface area contributed by atoms with Gasteiger partial charge in [-0.2, -0.15) is 13.2 Å². The predicted molar refractivity (Wildman–Crippen MR) is 183 cm³/mol. The molecule has 5 aromatic rings. The number of pyridine rings is 1. The summed E-state index contributed by atoms with van der Waals surface area (Å²) in [6, 6.07) is 21.5. The first-order valence-corrected chi connectivity index (χ1v) is 15.3. The number of benzene rings is 3. The third kappa shape index (κ3) is 8.19. The molecule has 9 nitrogen and oxygen atoms in total. The highest BCUT2D eigenvalue weighted by molar-refractivity contribution is 6.06. The SMILES string of the molecule is CNc1cc(-c2cccnc2Nc2cc(C(=O)Nc3cc(C(F)(F)F)ccc3OCCCN(C)c3ccccc3C)ccc2C)ncn1. The van der Waals surface area contributed by atoms with Crippen molar-refractivity contribution in [1.29, 1.82) is 0 Å². The van der Waals surface area contributed by atoms with Crippen LogP contribution in [0.2, 0.25) is 0 Å². The number of hydrogen-bond acceptors (Lipinski definition) is 8. The fraction of sp³-hybridized carbons (Fsp3) is 0.222. The molecule has 2 heterocycles. The molecule has 0 atom stereocenters. The first kappa shape index (κ1) is 33.7. The maximum Gasteiger partial charge on any atom is 0.416 e. The molecule has 3 N–H and O–H groups in total. The lowest BCUT2D eigenvalue weighted by Crippen LogP contribution is -2.21. The standard InChI is InChI=1S/C36H36F3N7O2/c1-23-12-13-25(19-28(23)44-34-27(10-7-16-41-34)29-21-33(40-3)43-22-42-29)35(47)45-30-20-26(36(37,38)39)14-15-32(30)48-18-8-17-46(4)31-11-6-5-9-24(31)2/h5-7,9-16,19-22H,8,17-18H2,1-4H3,(H,41,44)(H,45,47)(H,40,42,43). The Morgan fingerprint density at radius 2 is 1.71 bits per heavy atom. The van der Waals surface area contributed by atoms with Crippen LogP contribution in [0.1, 0.15) is 33.5 Å². The fourth-order valence-electron chi connectivity index (χ4n) is 5.10. The Hall–Kier alpha value is -5.65. The summed E-state index contributed by atoms with van der Waals surface area (Å²) in [5.41, 5.74) is 4.22. The molecule has 3 aromatic carbocycles. The molecule has 248 valence electrons. The van der Waals surface area contributed by atoms with E-state index in [-0.39, 0.29) is 23.6 Å². The zero-order chi connectivity index (χ0) is 34.3. The predicted octanol–water partition coefficient (Wildman–Crippen LogP) is 8.12. The summed E-state index contributed by atoms with van der Waals surface area (Å²) in [6.45, 7) is 4.80. The molecular weight excluding hydrogens is 619 g/mol. The lowest BCUT2D eigenvalue weighted by molar-refractivity contribution is -0.137. The van der Waals surface area contributed by atoms with Crippen molar-refractivity contribution in [1.82, 2.24) is 15.0 Å². The molecule has 0 aliphatic rings. The van der Waals surface area contributed by atoms with Gasteiger partial charge in [0.15, 0.2) is 0 Å². The second-order valence-electron chi connectivity index (χ2n) is 11.2. The number of hydrogen-bond donors (Lipinski definition) is 3. The molecule has 0 bridgehead atoms. The summed E-state index contributed by atoms with van der Waals surface area (Å²) >= 11 is 0. The van der Waals surface area contributed by atoms with Crippen LogP contribution in [0, 0.1) is 13.8 Å². The number of halogens is 3. The van der Waals surface area contributed by atoms with Gasteiger partial charge in [-0.3, -0.25) is 4.79 Å². The number of carbonyl (C=O) groups is 1. The molecule has 0 saturated heterocycles. The normalized spacial score (nSPS) is 11.1. The Morgan fingerprint density at radius 3 is 2.48 bits per heavy atom. The number of amides is 1. The summed E-state index contributed by atoms with van der Waals surface area (Å²) in [4.78, 5) is 28.6. The Labute approximate surface area is 277 Å². The minimum atomic E-state index is -4.60. The number of alkyl halides is 3. The van der Waals surface area contributed by atoms with E-state index < -0.39 is 17.6 Å². The van der Waals surface area contributed by atoms with Crippen LogP contribution in [-0.4, -0.2) is 48.1 Å². The molecule has 48 heavy (non-hydrogen) atoms. The van der Waals surface area contributed by atoms with E-state index in [1.807, 2.05) is 51.2 Å². The number of aromatic nitrogens is 3. The van der Waals surface area contributed by atoms with Gasteiger partial charge in [0, 0.05) is 55.4 Å². The Bertz CT molecular complexity index is 1900. The first-order valence-electron chi connectivity index (χ1n) is 15.3. The van der Waals surface area contributed by atoms with Crippen molar-refractivity contribution in [3.8, 4) is 17.0 Å². The van der Waals surface area contributed by atoms with Crippen molar-refractivity contribution < 1.29 is 22.7 Å². The van der Waals surface area contributed by atoms with E-state index in [4.69, 9.17) is 4.74 Å². The molecule has 0 aliphatic carbocycles. The monoisotopic (exact) mass is 655 g/mol. The van der Waals surface area contributed by atoms with Crippen molar-refractivity contribution >= 4 is 34.6 Å². The molecule has 0 fully saturated rings. The van der Waals surface area contributed by atoms with Crippen LogP contribution in [0.4, 0.5) is 41.9 Å². The molecular formula is C36H36F3N7O2. The summed E-state index contributed by atoms with van der Waals surface area (Å²) in [7, 11) is 3.73. The maximum absolute atomic E-state index is 13.7. The van der Waals surface area contributed by atoms with Crippen LogP contribution < -0.4 is 25.6 Å². The van der Waals surface area contributed by atoms with Crippen LogP contribution in [-0.2, 0) is 6.18 Å². The maximum atomic E-state index is 13.7. The van der Waals surface area contributed by atoms with Gasteiger partial charge >= 0.3 is 6.18 Å². The Kier molecular flexibility index (Phi) is 10.4. The molecule has 0 spiro atoms. The highest BCUT2D eigenvalue weighted by Gasteiger charge is 2.31. The third-order valence-electron chi connectivity index (χ3n) is 7.74. The van der Waals surface area contributed by atoms with E-state index in [0.717, 1.165) is 28.9 Å². The van der Waals surface area contributed by atoms with Gasteiger partial charge in [0.2, 0.25) is 0 Å². The van der Waals surface area contributed by atoms with Crippen molar-refractivity contribution in [3.05, 3.63) is 114 Å². The Balaban J connectivity index is 1.33. The number of ether oxygens (including phenoxy) is 1. The summed E-state index contributed by atoms with van der Waals surface area (Å²) < 4.78 is 46.9. The number of para-hydroxylation sites is 1. The molecule has 1 amide bonds. The van der Waals surface area contributed by atoms with Crippen molar-refractivity contribution in [3.63, 3.8) is 0 Å². The van der Waals surface area contributed by atoms with Gasteiger partial charge in [0.25, 0.3) is 5.91 Å². The van der Waals surface area contributed by atoms with Crippen LogP contribution in [0.25, 0.3) is 11.3 Å². The lowest BCUT2D eigenvalue weighted by atomic mass is 10.1. The first-order chi connectivity index (χ1) is 23.0. The van der Waals surface area contributed by atoms with Gasteiger partial charge in [-0.25, -0.2) is 15.0 Å². The topological polar surface area (TPSA) is 104 Å². The quantitative estimate of drug-likeness (QED) is 0.116. The highest BCUT2D eigenvalue weighted by atomic mass is 19.4. The molecule has 5 rings (SSSR count). The molecule has 0 aliphatic heterocycles. The largest absolute Gasteiger partial charge is 0.491 e. The molecule has 2 aromatic heterocycles. The second-order valence-corrected chi connectivity index (χ2v) is 11.2. The van der Waals surface area contributed by atoms with Crippen LogP contribution in [0.15, 0.2) is 91.4 Å². The number of anilines is 5. The minimum Gasteiger partial charge on any atom is -0.491 e. The van der Waals surface area contributed by atoms with Crippen molar-refractivity contribution in [2.24, 2.45) is 0 Å². The number of rotatable bonds is 12. The van der Waals surface area contributed by atoms with Crippen LogP contribution in [0.3, 0.4) is 0 Å². The van der Waals surface area contributed by atoms with E-state index >= 15 is 0 Å². The van der Waals surface area contributed by atoms with Crippen LogP contribution >= 0.6 is 0 Å². The van der Waals surface area contributed by atoms with Gasteiger partial charge in [-0.1, -0.05) is 24.3 Å². The average molecular weight is 656 g/mol. The average Bonchev–Trinajstić information content (AvgIpc) is 3.08. The number of carbonyl (C=O) groups excluding carboxylic acids is 1. The second kappa shape index (κ2) is 14.8. The van der Waals surface area contributed by atoms with Crippen molar-refractivity contribution in [2.75, 3.05) is 48.1 Å². The van der Waals surface area contributed by atoms with Gasteiger partial charge in [-0.15, -0.1) is 0 Å². The number of nitrogens with zero attached hydrogens (tertiary/aromatic N) is 4. The van der Waals surface area contributed by atoms with E-state index in [1.165, 1.54) is 12.4 Å². The lowest BCUT2D eigenvalue weighted by Gasteiger charge is -2.21. The van der Waals surface area contributed by atoms with Gasteiger partial charge < -0.3 is 25.6 Å². The van der Waals surface area contributed by atoms with Gasteiger partial charge in [-0.05, 0) is 79.9 Å². The van der Waals surface area contributed by atoms with E-state index in [9.17, 15) is 18.0 Å². The Morgan fingerprint density at radius 1 is 0.896 bits per heavy atom. The molecule has 0 radical (unpaired) electrons. The van der Waals surface area contributed by atoms with Crippen LogP contribution in [0.5, 0.6) is 5.75 Å². The summed E-state index contributed by atoms with van der Waals surface area (Å²) in [6.07, 6.45) is -0.919. The zero-order valence-electron chi connectivity index (χ0n) is 27.0. The minimum absolute atomic E-state index is 0.0757. The number of nitrogens with one attached hydrogen (secondary N) is 3. The zero-order valence-corrected chi connectivity index (χ0v) is 27.0. The van der Waals surface area contributed by atoms with E-state index in [1.54, 1.807) is 43.6 Å². The van der Waals surface area contributed by atoms with Crippen molar-refractivity contribution in [2.45, 2.75) is 26.4 Å². The summed E-state index contributed by atoms with van der Waals surface area (Å²) in [5, 5.41) is 8.91. The third-order valence-corrected chi connectivity index (χ3v) is 7.74. The van der Waals surface area contributed by atoms with E-state index in [2.05, 4.69) is 35.8 Å². The number of aryl methyl sites for hydroxylation is 2. The molecule has 0 saturated carbocycles. The van der Waals surface area contributed by atoms with E-state index in [0.29, 0.717) is 41.5 Å². The van der Waals surface area contributed by atoms with Gasteiger partial charge in [0.1, 0.15) is 23.7 Å². The molecule has 12 heteroatoms. The van der Waals surface area contributed by atoms with Gasteiger partial charge in [0.05, 0.1) is 23.6 Å². The smallest absolute Gasteiger partial charge is 0.416 e. The fourth-order valence-corrected chi connectivity index (χ4v) is 5.10. The molecule has 0 unspecified atom stereocenters.